The Balaban J connectivity index is 1.51. The van der Waals surface area contributed by atoms with Crippen LogP contribution in [0, 0.1) is 0 Å². The van der Waals surface area contributed by atoms with Crippen LogP contribution in [0.2, 0.25) is 0 Å². The highest BCUT2D eigenvalue weighted by Crippen LogP contribution is 2.12. The quantitative estimate of drug-likeness (QED) is 0.813. The zero-order chi connectivity index (χ0) is 14.3. The van der Waals surface area contributed by atoms with Crippen LogP contribution in [-0.2, 0) is 11.3 Å². The number of hydrogen-bond acceptors (Lipinski definition) is 4. The highest BCUT2D eigenvalue weighted by Gasteiger charge is 2.09. The van der Waals surface area contributed by atoms with E-state index in [0.29, 0.717) is 0 Å². The van der Waals surface area contributed by atoms with E-state index in [0.717, 1.165) is 51.6 Å². The van der Waals surface area contributed by atoms with Gasteiger partial charge in [0.15, 0.2) is 0 Å². The summed E-state index contributed by atoms with van der Waals surface area (Å²) in [5.41, 5.74) is 2.41. The number of hydrogen-bond donors (Lipinski definition) is 1. The fourth-order valence-corrected chi connectivity index (χ4v) is 2.58. The molecule has 2 heterocycles. The van der Waals surface area contributed by atoms with Gasteiger partial charge in [-0.15, -0.1) is 0 Å². The van der Waals surface area contributed by atoms with Crippen molar-refractivity contribution in [3.8, 4) is 5.69 Å². The molecule has 1 saturated heterocycles. The third kappa shape index (κ3) is 3.91. The van der Waals surface area contributed by atoms with Gasteiger partial charge in [-0.25, -0.2) is 4.68 Å². The second-order valence-corrected chi connectivity index (χ2v) is 5.21. The van der Waals surface area contributed by atoms with Crippen LogP contribution in [0.4, 0.5) is 0 Å². The minimum atomic E-state index is 0.861. The highest BCUT2D eigenvalue weighted by atomic mass is 16.5. The number of nitrogens with zero attached hydrogens (tertiary/aromatic N) is 3. The largest absolute Gasteiger partial charge is 0.379 e. The molecule has 1 N–H and O–H groups in total. The average Bonchev–Trinajstić information content (AvgIpc) is 3.07. The summed E-state index contributed by atoms with van der Waals surface area (Å²) in [6.45, 7) is 6.75. The van der Waals surface area contributed by atoms with E-state index in [1.165, 1.54) is 5.56 Å². The Morgan fingerprint density at radius 2 is 2.00 bits per heavy atom. The molecule has 21 heavy (non-hydrogen) atoms. The summed E-state index contributed by atoms with van der Waals surface area (Å²) in [7, 11) is 0. The molecule has 1 aromatic heterocycles. The van der Waals surface area contributed by atoms with E-state index >= 15 is 0 Å². The minimum Gasteiger partial charge on any atom is -0.379 e. The van der Waals surface area contributed by atoms with Gasteiger partial charge in [-0.3, -0.25) is 4.90 Å². The molecule has 0 atom stereocenters. The molecule has 0 saturated carbocycles. The van der Waals surface area contributed by atoms with Gasteiger partial charge in [-0.05, 0) is 17.7 Å². The van der Waals surface area contributed by atoms with Crippen LogP contribution in [0.25, 0.3) is 5.69 Å². The van der Waals surface area contributed by atoms with Gasteiger partial charge in [0.05, 0.1) is 18.9 Å². The maximum absolute atomic E-state index is 5.36. The van der Waals surface area contributed by atoms with Crippen molar-refractivity contribution in [1.82, 2.24) is 20.0 Å². The first-order chi connectivity index (χ1) is 10.4. The summed E-state index contributed by atoms with van der Waals surface area (Å²) < 4.78 is 7.28. The highest BCUT2D eigenvalue weighted by molar-refractivity contribution is 5.40. The van der Waals surface area contributed by atoms with Crippen molar-refractivity contribution in [2.24, 2.45) is 0 Å². The third-order valence-electron chi connectivity index (χ3n) is 3.77. The van der Waals surface area contributed by atoms with Crippen LogP contribution in [0.5, 0.6) is 0 Å². The van der Waals surface area contributed by atoms with Crippen LogP contribution in [-0.4, -0.2) is 54.1 Å². The van der Waals surface area contributed by atoms with Gasteiger partial charge < -0.3 is 10.1 Å². The van der Waals surface area contributed by atoms with Crippen LogP contribution >= 0.6 is 0 Å². The maximum Gasteiger partial charge on any atom is 0.0690 e. The molecule has 5 nitrogen and oxygen atoms in total. The number of aromatic nitrogens is 2. The molecule has 3 rings (SSSR count). The molecule has 1 fully saturated rings. The lowest BCUT2D eigenvalue weighted by Gasteiger charge is -2.26. The molecule has 0 spiro atoms. The van der Waals surface area contributed by atoms with E-state index < -0.39 is 0 Å². The molecule has 0 unspecified atom stereocenters. The number of para-hydroxylation sites is 1. The molecule has 1 aliphatic rings. The van der Waals surface area contributed by atoms with Crippen LogP contribution in [0.15, 0.2) is 42.7 Å². The van der Waals surface area contributed by atoms with Crippen LogP contribution in [0.3, 0.4) is 0 Å². The summed E-state index contributed by atoms with van der Waals surface area (Å²) in [6.07, 6.45) is 3.79. The second kappa shape index (κ2) is 7.36. The zero-order valence-electron chi connectivity index (χ0n) is 12.2. The molecular formula is C16H22N4O. The Bertz CT molecular complexity index is 535. The number of ether oxygens (including phenoxy) is 1. The van der Waals surface area contributed by atoms with Gasteiger partial charge in [0.25, 0.3) is 0 Å². The van der Waals surface area contributed by atoms with Crippen molar-refractivity contribution in [3.05, 3.63) is 48.3 Å². The maximum atomic E-state index is 5.36. The van der Waals surface area contributed by atoms with E-state index in [2.05, 4.69) is 33.5 Å². The fourth-order valence-electron chi connectivity index (χ4n) is 2.58. The average molecular weight is 286 g/mol. The van der Waals surface area contributed by atoms with Gasteiger partial charge in [-0.2, -0.15) is 5.10 Å². The predicted molar refractivity (Wildman–Crippen MR) is 82.5 cm³/mol. The van der Waals surface area contributed by atoms with Crippen molar-refractivity contribution >= 4 is 0 Å². The second-order valence-electron chi connectivity index (χ2n) is 5.21. The molecule has 0 aliphatic carbocycles. The number of rotatable bonds is 6. The van der Waals surface area contributed by atoms with Crippen molar-refractivity contribution < 1.29 is 4.74 Å². The van der Waals surface area contributed by atoms with Crippen molar-refractivity contribution in [2.45, 2.75) is 6.54 Å². The first-order valence-corrected chi connectivity index (χ1v) is 7.52. The SMILES string of the molecule is c1ccc(-n2cccn2)c(CNCCN2CCOCC2)c1. The van der Waals surface area contributed by atoms with E-state index in [9.17, 15) is 0 Å². The molecule has 0 bridgehead atoms. The summed E-state index contributed by atoms with van der Waals surface area (Å²) >= 11 is 0. The molecule has 1 aromatic carbocycles. The van der Waals surface area contributed by atoms with E-state index in [1.807, 2.05) is 29.2 Å². The fraction of sp³-hybridized carbons (Fsp3) is 0.438. The van der Waals surface area contributed by atoms with E-state index in [4.69, 9.17) is 4.74 Å². The molecule has 112 valence electrons. The van der Waals surface area contributed by atoms with Crippen LogP contribution < -0.4 is 5.32 Å². The lowest BCUT2D eigenvalue weighted by atomic mass is 10.2. The monoisotopic (exact) mass is 286 g/mol. The Morgan fingerprint density at radius 3 is 2.81 bits per heavy atom. The van der Waals surface area contributed by atoms with Crippen molar-refractivity contribution in [3.63, 3.8) is 0 Å². The number of benzene rings is 1. The van der Waals surface area contributed by atoms with E-state index in [-0.39, 0.29) is 0 Å². The molecule has 1 aliphatic heterocycles. The lowest BCUT2D eigenvalue weighted by molar-refractivity contribution is 0.0384. The summed E-state index contributed by atoms with van der Waals surface area (Å²) in [5.74, 6) is 0. The first-order valence-electron chi connectivity index (χ1n) is 7.52. The number of morpholine rings is 1. The molecule has 0 amide bonds. The van der Waals surface area contributed by atoms with E-state index in [1.54, 1.807) is 0 Å². The Hall–Kier alpha value is -1.69. The summed E-state index contributed by atoms with van der Waals surface area (Å²) in [4.78, 5) is 2.44. The predicted octanol–water partition coefficient (Wildman–Crippen LogP) is 1.29. The Kier molecular flexibility index (Phi) is 4.99. The normalized spacial score (nSPS) is 16.2. The smallest absolute Gasteiger partial charge is 0.0690 e. The topological polar surface area (TPSA) is 42.3 Å². The standard InChI is InChI=1S/C16H22N4O/c1-2-5-16(20-8-3-6-18-20)15(4-1)14-17-7-9-19-10-12-21-13-11-19/h1-6,8,17H,7,9-14H2. The Morgan fingerprint density at radius 1 is 1.14 bits per heavy atom. The van der Waals surface area contributed by atoms with Gasteiger partial charge in [-0.1, -0.05) is 18.2 Å². The van der Waals surface area contributed by atoms with Gasteiger partial charge >= 0.3 is 0 Å². The van der Waals surface area contributed by atoms with Gasteiger partial charge in [0.1, 0.15) is 0 Å². The molecule has 5 heteroatoms. The van der Waals surface area contributed by atoms with Gasteiger partial charge in [0.2, 0.25) is 0 Å². The number of nitrogens with one attached hydrogen (secondary N) is 1. The van der Waals surface area contributed by atoms with Gasteiger partial charge in [0, 0.05) is 45.1 Å². The molecule has 0 radical (unpaired) electrons. The zero-order valence-corrected chi connectivity index (χ0v) is 12.2. The molecule has 2 aromatic rings. The minimum absolute atomic E-state index is 0.861. The third-order valence-corrected chi connectivity index (χ3v) is 3.77. The van der Waals surface area contributed by atoms with Crippen LogP contribution in [0.1, 0.15) is 5.56 Å². The summed E-state index contributed by atoms with van der Waals surface area (Å²) in [5, 5.41) is 7.84. The van der Waals surface area contributed by atoms with Crippen molar-refractivity contribution in [1.29, 1.82) is 0 Å². The first kappa shape index (κ1) is 14.3. The van der Waals surface area contributed by atoms with Crippen molar-refractivity contribution in [2.75, 3.05) is 39.4 Å². The Labute approximate surface area is 125 Å². The lowest BCUT2D eigenvalue weighted by Crippen LogP contribution is -2.40. The molecular weight excluding hydrogens is 264 g/mol. The summed E-state index contributed by atoms with van der Waals surface area (Å²) in [6, 6.07) is 10.3.